The molecule has 0 spiro atoms. The molecule has 0 radical (unpaired) electrons. The predicted octanol–water partition coefficient (Wildman–Crippen LogP) is 1.26. The van der Waals surface area contributed by atoms with Gasteiger partial charge in [-0.25, -0.2) is 0 Å². The average molecular weight is 183 g/mol. The quantitative estimate of drug-likeness (QED) is 0.516. The summed E-state index contributed by atoms with van der Waals surface area (Å²) in [5, 5.41) is 7.47. The summed E-state index contributed by atoms with van der Waals surface area (Å²) in [5.41, 5.74) is 0. The fourth-order valence-electron chi connectivity index (χ4n) is 1.77. The monoisotopic (exact) mass is 183 g/mol. The van der Waals surface area contributed by atoms with Crippen molar-refractivity contribution in [2.45, 2.75) is 19.8 Å². The second-order valence-electron chi connectivity index (χ2n) is 4.21. The van der Waals surface area contributed by atoms with Gasteiger partial charge in [0, 0.05) is 13.6 Å². The molecule has 1 saturated heterocycles. The van der Waals surface area contributed by atoms with Gasteiger partial charge in [0.2, 0.25) is 0 Å². The van der Waals surface area contributed by atoms with Crippen LogP contribution in [0, 0.1) is 11.3 Å². The van der Waals surface area contributed by atoms with Gasteiger partial charge in [0.15, 0.2) is 0 Å². The molecule has 1 N–H and O–H groups in total. The van der Waals surface area contributed by atoms with Gasteiger partial charge in [0.1, 0.15) is 0 Å². The van der Waals surface area contributed by atoms with Crippen LogP contribution in [0.3, 0.4) is 0 Å². The second kappa shape index (κ2) is 4.61. The molecule has 3 heteroatoms. The number of rotatable bonds is 2. The maximum atomic E-state index is 7.47. The molecule has 0 saturated carbocycles. The van der Waals surface area contributed by atoms with E-state index in [1.807, 2.05) is 14.0 Å². The lowest BCUT2D eigenvalue weighted by Crippen LogP contribution is -2.36. The molecule has 1 aliphatic heterocycles. The van der Waals surface area contributed by atoms with Crippen LogP contribution in [0.2, 0.25) is 0 Å². The lowest BCUT2D eigenvalue weighted by Gasteiger charge is -2.31. The van der Waals surface area contributed by atoms with Gasteiger partial charge in [-0.1, -0.05) is 0 Å². The van der Waals surface area contributed by atoms with E-state index >= 15 is 0 Å². The minimum absolute atomic E-state index is 0.680. The van der Waals surface area contributed by atoms with Gasteiger partial charge in [-0.15, -0.1) is 0 Å². The van der Waals surface area contributed by atoms with Crippen molar-refractivity contribution in [2.24, 2.45) is 5.92 Å². The fraction of sp³-hybridized carbons (Fsp3) is 0.900. The van der Waals surface area contributed by atoms with Gasteiger partial charge in [0.25, 0.3) is 0 Å². The maximum Gasteiger partial charge on any atom is 0.0923 e. The molecule has 0 atom stereocenters. The van der Waals surface area contributed by atoms with Crippen LogP contribution in [0.5, 0.6) is 0 Å². The third-order valence-electron chi connectivity index (χ3n) is 2.94. The normalized spacial score (nSPS) is 20.2. The minimum Gasteiger partial charge on any atom is -0.364 e. The number of nitrogens with one attached hydrogen (secondary N) is 1. The molecule has 76 valence electrons. The highest BCUT2D eigenvalue weighted by molar-refractivity contribution is 5.75. The van der Waals surface area contributed by atoms with Crippen LogP contribution in [-0.4, -0.2) is 49.4 Å². The number of hydrogen-bond donors (Lipinski definition) is 1. The molecular formula is C10H21N3. The van der Waals surface area contributed by atoms with Gasteiger partial charge in [0.05, 0.1) is 5.84 Å². The molecule has 13 heavy (non-hydrogen) atoms. The number of hydrogen-bond acceptors (Lipinski definition) is 2. The van der Waals surface area contributed by atoms with Crippen LogP contribution >= 0.6 is 0 Å². The zero-order valence-corrected chi connectivity index (χ0v) is 9.01. The molecule has 0 aliphatic carbocycles. The van der Waals surface area contributed by atoms with E-state index in [9.17, 15) is 0 Å². The van der Waals surface area contributed by atoms with Crippen LogP contribution in [0.1, 0.15) is 19.8 Å². The van der Waals surface area contributed by atoms with Crippen molar-refractivity contribution >= 4 is 5.84 Å². The Morgan fingerprint density at radius 1 is 1.46 bits per heavy atom. The summed E-state index contributed by atoms with van der Waals surface area (Å²) in [7, 11) is 4.20. The largest absolute Gasteiger partial charge is 0.364 e. The van der Waals surface area contributed by atoms with Gasteiger partial charge in [-0.3, -0.25) is 5.41 Å². The molecule has 0 unspecified atom stereocenters. The molecule has 0 bridgehead atoms. The first kappa shape index (κ1) is 10.5. The molecule has 1 rings (SSSR count). The first-order valence-electron chi connectivity index (χ1n) is 5.04. The molecule has 0 aromatic carbocycles. The summed E-state index contributed by atoms with van der Waals surface area (Å²) < 4.78 is 0. The smallest absolute Gasteiger partial charge is 0.0923 e. The van der Waals surface area contributed by atoms with Crippen molar-refractivity contribution in [3.05, 3.63) is 0 Å². The zero-order valence-electron chi connectivity index (χ0n) is 9.01. The van der Waals surface area contributed by atoms with Crippen molar-refractivity contribution < 1.29 is 0 Å². The van der Waals surface area contributed by atoms with Crippen molar-refractivity contribution in [1.29, 1.82) is 5.41 Å². The summed E-state index contributed by atoms with van der Waals surface area (Å²) in [4.78, 5) is 4.43. The molecule has 1 heterocycles. The highest BCUT2D eigenvalue weighted by atomic mass is 15.1. The third kappa shape index (κ3) is 3.35. The highest BCUT2D eigenvalue weighted by Gasteiger charge is 2.17. The first-order chi connectivity index (χ1) is 6.09. The summed E-state index contributed by atoms with van der Waals surface area (Å²) in [5.74, 6) is 1.47. The fourth-order valence-corrected chi connectivity index (χ4v) is 1.77. The Morgan fingerprint density at radius 2 is 2.00 bits per heavy atom. The van der Waals surface area contributed by atoms with Crippen molar-refractivity contribution in [1.82, 2.24) is 9.80 Å². The van der Waals surface area contributed by atoms with Gasteiger partial charge < -0.3 is 9.80 Å². The van der Waals surface area contributed by atoms with Crippen molar-refractivity contribution in [2.75, 3.05) is 33.7 Å². The Bertz CT molecular complexity index is 171. The predicted molar refractivity (Wildman–Crippen MR) is 56.3 cm³/mol. The Kier molecular flexibility index (Phi) is 3.72. The zero-order chi connectivity index (χ0) is 9.84. The standard InChI is InChI=1S/C10H21N3/c1-9(11)13(3)8-10-4-6-12(2)7-5-10/h10-11H,4-8H2,1-3H3. The summed E-state index contributed by atoms with van der Waals surface area (Å²) in [6, 6.07) is 0. The van der Waals surface area contributed by atoms with E-state index < -0.39 is 0 Å². The third-order valence-corrected chi connectivity index (χ3v) is 2.94. The van der Waals surface area contributed by atoms with Crippen LogP contribution in [0.25, 0.3) is 0 Å². The molecule has 0 amide bonds. The van der Waals surface area contributed by atoms with Gasteiger partial charge in [-0.2, -0.15) is 0 Å². The van der Waals surface area contributed by atoms with Crippen LogP contribution in [0.15, 0.2) is 0 Å². The molecule has 1 aliphatic rings. The molecule has 0 aromatic rings. The summed E-state index contributed by atoms with van der Waals surface area (Å²) in [6.45, 7) is 5.35. The molecular weight excluding hydrogens is 162 g/mol. The van der Waals surface area contributed by atoms with Crippen molar-refractivity contribution in [3.63, 3.8) is 0 Å². The minimum atomic E-state index is 0.680. The number of piperidine rings is 1. The van der Waals surface area contributed by atoms with Gasteiger partial charge >= 0.3 is 0 Å². The molecule has 0 aromatic heterocycles. The van der Waals surface area contributed by atoms with E-state index in [4.69, 9.17) is 5.41 Å². The molecule has 1 fully saturated rings. The first-order valence-corrected chi connectivity index (χ1v) is 5.04. The van der Waals surface area contributed by atoms with Gasteiger partial charge in [-0.05, 0) is 45.8 Å². The average Bonchev–Trinajstić information content (AvgIpc) is 2.08. The number of likely N-dealkylation sites (tertiary alicyclic amines) is 1. The van der Waals surface area contributed by atoms with Crippen LogP contribution in [-0.2, 0) is 0 Å². The Hall–Kier alpha value is -0.570. The van der Waals surface area contributed by atoms with Crippen LogP contribution in [0.4, 0.5) is 0 Å². The van der Waals surface area contributed by atoms with E-state index in [0.29, 0.717) is 5.84 Å². The Labute approximate surface area is 81.2 Å². The van der Waals surface area contributed by atoms with Crippen molar-refractivity contribution in [3.8, 4) is 0 Å². The van der Waals surface area contributed by atoms with E-state index in [0.717, 1.165) is 12.5 Å². The number of amidine groups is 1. The maximum absolute atomic E-state index is 7.47. The molecule has 3 nitrogen and oxygen atoms in total. The van der Waals surface area contributed by atoms with E-state index in [1.54, 1.807) is 0 Å². The topological polar surface area (TPSA) is 30.3 Å². The Balaban J connectivity index is 2.26. The lowest BCUT2D eigenvalue weighted by atomic mass is 9.97. The summed E-state index contributed by atoms with van der Waals surface area (Å²) in [6.07, 6.45) is 2.57. The van der Waals surface area contributed by atoms with E-state index in [-0.39, 0.29) is 0 Å². The van der Waals surface area contributed by atoms with E-state index in [2.05, 4.69) is 16.8 Å². The second-order valence-corrected chi connectivity index (χ2v) is 4.21. The van der Waals surface area contributed by atoms with Crippen LogP contribution < -0.4 is 0 Å². The highest BCUT2D eigenvalue weighted by Crippen LogP contribution is 2.16. The number of nitrogens with zero attached hydrogens (tertiary/aromatic N) is 2. The van der Waals surface area contributed by atoms with E-state index in [1.165, 1.54) is 25.9 Å². The lowest BCUT2D eigenvalue weighted by molar-refractivity contribution is 0.200. The Morgan fingerprint density at radius 3 is 2.46 bits per heavy atom. The SMILES string of the molecule is CC(=N)N(C)CC1CCN(C)CC1. The summed E-state index contributed by atoms with van der Waals surface area (Å²) >= 11 is 0.